The average molecular weight is 589 g/mol. The number of hydrogen-bond acceptors (Lipinski definition) is 8. The zero-order valence-corrected chi connectivity index (χ0v) is 22.4. The van der Waals surface area contributed by atoms with Crippen LogP contribution in [0.3, 0.4) is 0 Å². The smallest absolute Gasteiger partial charge is 0.148 e. The van der Waals surface area contributed by atoms with Crippen molar-refractivity contribution in [2.45, 2.75) is 13.1 Å². The molecule has 0 radical (unpaired) electrons. The monoisotopic (exact) mass is 588 g/mol. The zero-order valence-electron chi connectivity index (χ0n) is 28.8. The number of aromatic nitrogens is 2. The van der Waals surface area contributed by atoms with Crippen LogP contribution < -0.4 is 15.4 Å². The van der Waals surface area contributed by atoms with E-state index in [9.17, 15) is 12.8 Å². The van der Waals surface area contributed by atoms with Crippen LogP contribution in [0.5, 0.6) is 5.75 Å². The summed E-state index contributed by atoms with van der Waals surface area (Å²) in [6, 6.07) is 8.58. The maximum atomic E-state index is 14.3. The number of fused-ring (bicyclic) bond motifs is 1. The Balaban J connectivity index is 1.38. The van der Waals surface area contributed by atoms with E-state index in [1.165, 1.54) is 30.6 Å². The predicted molar refractivity (Wildman–Crippen MR) is 154 cm³/mol. The second kappa shape index (κ2) is 12.0. The van der Waals surface area contributed by atoms with Gasteiger partial charge in [0.25, 0.3) is 0 Å². The lowest BCUT2D eigenvalue weighted by molar-refractivity contribution is 0.306. The van der Waals surface area contributed by atoms with Gasteiger partial charge in [0, 0.05) is 29.4 Å². The standard InChI is InChI=1S/C29H26ClFN4O4S/c1-40(36,37)12-11-32-16-23-7-10-27(39-23)20-5-8-26-24(14-20)29(34-18-33-26)35-22-6-9-28(25(30)15-22)38-17-19-3-2-4-21(31)13-19/h2-10,13-15,18,32H,11-12,16-17H2,1H3,(H,33,34,35)/i2D,3D,4D,13D,16D2,17D2. The molecule has 2 heterocycles. The van der Waals surface area contributed by atoms with Crippen molar-refractivity contribution < 1.29 is 32.9 Å². The molecule has 0 fully saturated rings. The highest BCUT2D eigenvalue weighted by Gasteiger charge is 2.11. The van der Waals surface area contributed by atoms with E-state index in [-0.39, 0.29) is 28.8 Å². The third-order valence-corrected chi connectivity index (χ3v) is 6.63. The number of hydrogen-bond donors (Lipinski definition) is 2. The number of benzene rings is 3. The first-order chi connectivity index (χ1) is 22.4. The Morgan fingerprint density at radius 1 is 1.15 bits per heavy atom. The fraction of sp³-hybridized carbons (Fsp3) is 0.172. The molecule has 0 saturated heterocycles. The third kappa shape index (κ3) is 7.15. The van der Waals surface area contributed by atoms with Gasteiger partial charge < -0.3 is 19.8 Å². The first-order valence-electron chi connectivity index (χ1n) is 15.7. The second-order valence-corrected chi connectivity index (χ2v) is 11.1. The lowest BCUT2D eigenvalue weighted by Gasteiger charge is -2.12. The summed E-state index contributed by atoms with van der Waals surface area (Å²) in [5, 5.41) is 6.11. The molecular weight excluding hydrogens is 555 g/mol. The summed E-state index contributed by atoms with van der Waals surface area (Å²) in [7, 11) is -3.28. The van der Waals surface area contributed by atoms with E-state index in [1.54, 1.807) is 24.3 Å². The average Bonchev–Trinajstić information content (AvgIpc) is 3.51. The summed E-state index contributed by atoms with van der Waals surface area (Å²) in [6.45, 7) is -5.20. The summed E-state index contributed by atoms with van der Waals surface area (Å²) < 4.78 is 113. The lowest BCUT2D eigenvalue weighted by Crippen LogP contribution is -2.21. The van der Waals surface area contributed by atoms with E-state index in [0.29, 0.717) is 33.7 Å². The Hall–Kier alpha value is -3.99. The van der Waals surface area contributed by atoms with E-state index in [0.717, 1.165) is 6.26 Å². The molecule has 0 aliphatic carbocycles. The van der Waals surface area contributed by atoms with Crippen molar-refractivity contribution >= 4 is 43.8 Å². The van der Waals surface area contributed by atoms with Gasteiger partial charge in [-0.3, -0.25) is 0 Å². The van der Waals surface area contributed by atoms with Crippen molar-refractivity contribution in [3.8, 4) is 17.1 Å². The molecule has 206 valence electrons. The molecule has 0 amide bonds. The van der Waals surface area contributed by atoms with E-state index < -0.39 is 58.4 Å². The maximum Gasteiger partial charge on any atom is 0.148 e. The van der Waals surface area contributed by atoms with E-state index in [2.05, 4.69) is 20.6 Å². The summed E-state index contributed by atoms with van der Waals surface area (Å²) in [5.41, 5.74) is 0.658. The zero-order chi connectivity index (χ0) is 35.2. The Labute approximate surface area is 247 Å². The molecule has 0 unspecified atom stereocenters. The fourth-order valence-electron chi connectivity index (χ4n) is 3.53. The van der Waals surface area contributed by atoms with Gasteiger partial charge >= 0.3 is 0 Å². The van der Waals surface area contributed by atoms with Gasteiger partial charge in [0.2, 0.25) is 0 Å². The minimum absolute atomic E-state index is 0.0494. The van der Waals surface area contributed by atoms with Crippen LogP contribution in [0.25, 0.3) is 22.2 Å². The highest BCUT2D eigenvalue weighted by atomic mass is 35.5. The van der Waals surface area contributed by atoms with Gasteiger partial charge in [-0.05, 0) is 66.2 Å². The summed E-state index contributed by atoms with van der Waals surface area (Å²) in [6.07, 6.45) is 2.39. The van der Waals surface area contributed by atoms with Crippen molar-refractivity contribution in [3.63, 3.8) is 0 Å². The van der Waals surface area contributed by atoms with Crippen LogP contribution in [-0.2, 0) is 22.9 Å². The number of anilines is 2. The molecule has 2 aromatic heterocycles. The van der Waals surface area contributed by atoms with Crippen molar-refractivity contribution in [2.24, 2.45) is 0 Å². The molecule has 0 aliphatic heterocycles. The molecule has 8 nitrogen and oxygen atoms in total. The van der Waals surface area contributed by atoms with E-state index >= 15 is 0 Å². The molecule has 0 atom stereocenters. The number of nitrogens with one attached hydrogen (secondary N) is 2. The van der Waals surface area contributed by atoms with E-state index in [1.807, 2.05) is 0 Å². The fourth-order valence-corrected chi connectivity index (χ4v) is 4.22. The van der Waals surface area contributed by atoms with Crippen molar-refractivity contribution in [1.29, 1.82) is 0 Å². The minimum atomic E-state index is -3.28. The highest BCUT2D eigenvalue weighted by Crippen LogP contribution is 2.32. The molecule has 3 aromatic carbocycles. The maximum absolute atomic E-state index is 14.3. The van der Waals surface area contributed by atoms with Crippen LogP contribution >= 0.6 is 11.6 Å². The molecule has 11 heteroatoms. The van der Waals surface area contributed by atoms with Crippen molar-refractivity contribution in [3.05, 3.63) is 101 Å². The van der Waals surface area contributed by atoms with Gasteiger partial charge in [0.05, 0.1) is 33.8 Å². The van der Waals surface area contributed by atoms with Crippen LogP contribution in [0.2, 0.25) is 5.02 Å². The molecule has 40 heavy (non-hydrogen) atoms. The van der Waals surface area contributed by atoms with Gasteiger partial charge in [-0.2, -0.15) is 0 Å². The lowest BCUT2D eigenvalue weighted by atomic mass is 10.1. The molecule has 0 saturated carbocycles. The summed E-state index contributed by atoms with van der Waals surface area (Å²) in [4.78, 5) is 8.59. The molecule has 0 spiro atoms. The van der Waals surface area contributed by atoms with Gasteiger partial charge in [-0.15, -0.1) is 0 Å². The quantitative estimate of drug-likeness (QED) is 0.189. The molecule has 2 N–H and O–H groups in total. The molecule has 0 aliphatic rings. The number of halogens is 2. The van der Waals surface area contributed by atoms with Crippen LogP contribution in [0.1, 0.15) is 22.3 Å². The van der Waals surface area contributed by atoms with Gasteiger partial charge in [0.1, 0.15) is 51.6 Å². The Morgan fingerprint density at radius 2 is 2.02 bits per heavy atom. The Kier molecular flexibility index (Phi) is 5.76. The van der Waals surface area contributed by atoms with Crippen molar-refractivity contribution in [2.75, 3.05) is 23.9 Å². The van der Waals surface area contributed by atoms with Crippen LogP contribution in [0.4, 0.5) is 15.9 Å². The van der Waals surface area contributed by atoms with Crippen LogP contribution in [0, 0.1) is 5.82 Å². The minimum Gasteiger partial charge on any atom is -0.487 e. The van der Waals surface area contributed by atoms with Crippen LogP contribution in [0.15, 0.2) is 83.4 Å². The highest BCUT2D eigenvalue weighted by molar-refractivity contribution is 7.90. The Morgan fingerprint density at radius 3 is 2.85 bits per heavy atom. The van der Waals surface area contributed by atoms with E-state index in [4.69, 9.17) is 31.7 Å². The normalized spacial score (nSPS) is 15.2. The summed E-state index contributed by atoms with van der Waals surface area (Å²) in [5.74, 6) is -1.27. The first-order valence-corrected chi connectivity index (χ1v) is 14.1. The molecular formula is C29H26ClFN4O4S. The van der Waals surface area contributed by atoms with Gasteiger partial charge in [0.15, 0.2) is 0 Å². The van der Waals surface area contributed by atoms with Crippen molar-refractivity contribution in [1.82, 2.24) is 15.3 Å². The third-order valence-electron chi connectivity index (χ3n) is 5.39. The SMILES string of the molecule is [2H]c1c([2H])c(F)c([2H])c(C([2H])([2H])Oc2ccc(Nc3ncnc4ccc(-c5ccc(C([2H])([2H])NCCS(C)(=O)=O)o5)cc34)cc2Cl)c1[2H]. The number of rotatable bonds is 11. The van der Waals surface area contributed by atoms with Gasteiger partial charge in [-0.1, -0.05) is 23.7 Å². The number of furan rings is 1. The first kappa shape index (κ1) is 19.1. The number of sulfone groups is 1. The summed E-state index contributed by atoms with van der Waals surface area (Å²) >= 11 is 6.40. The molecule has 5 aromatic rings. The Bertz CT molecular complexity index is 2120. The molecule has 0 bridgehead atoms. The molecule has 5 rings (SSSR count). The largest absolute Gasteiger partial charge is 0.487 e. The van der Waals surface area contributed by atoms with Crippen LogP contribution in [-0.4, -0.2) is 36.9 Å². The number of nitrogens with zero attached hydrogens (tertiary/aromatic N) is 2. The van der Waals surface area contributed by atoms with Gasteiger partial charge in [-0.25, -0.2) is 22.8 Å². The number of ether oxygens (including phenoxy) is 1. The topological polar surface area (TPSA) is 106 Å². The second-order valence-electron chi connectivity index (χ2n) is 8.46. The predicted octanol–water partition coefficient (Wildman–Crippen LogP) is 6.14.